The molecule has 4 heteroatoms. The zero-order valence-corrected chi connectivity index (χ0v) is 10.6. The molecule has 17 heavy (non-hydrogen) atoms. The van der Waals surface area contributed by atoms with Crippen molar-refractivity contribution >= 4 is 6.09 Å². The Kier molecular flexibility index (Phi) is 2.99. The Hall–Kier alpha value is -0.770. The minimum Gasteiger partial charge on any atom is -0.449 e. The van der Waals surface area contributed by atoms with Gasteiger partial charge in [0.05, 0.1) is 6.61 Å². The van der Waals surface area contributed by atoms with E-state index in [9.17, 15) is 4.79 Å². The molecule has 4 unspecified atom stereocenters. The number of carbonyl (C=O) groups excluding carboxylic acids is 1. The van der Waals surface area contributed by atoms with E-state index in [2.05, 4.69) is 4.90 Å². The van der Waals surface area contributed by atoms with E-state index < -0.39 is 0 Å². The summed E-state index contributed by atoms with van der Waals surface area (Å²) >= 11 is 0. The summed E-state index contributed by atoms with van der Waals surface area (Å²) in [6.45, 7) is 7.01. The molecule has 4 heterocycles. The van der Waals surface area contributed by atoms with Crippen LogP contribution >= 0.6 is 0 Å². The van der Waals surface area contributed by atoms with Gasteiger partial charge in [-0.05, 0) is 31.1 Å². The van der Waals surface area contributed by atoms with Crippen molar-refractivity contribution in [2.45, 2.75) is 32.2 Å². The molecule has 4 fully saturated rings. The number of nitrogens with zero attached hydrogens (tertiary/aromatic N) is 2. The van der Waals surface area contributed by atoms with Gasteiger partial charge in [-0.15, -0.1) is 0 Å². The third-order valence-corrected chi connectivity index (χ3v) is 4.33. The van der Waals surface area contributed by atoms with Crippen LogP contribution < -0.4 is 0 Å². The highest BCUT2D eigenvalue weighted by atomic mass is 16.6. The normalized spacial score (nSPS) is 39.2. The van der Waals surface area contributed by atoms with Crippen molar-refractivity contribution in [3.8, 4) is 0 Å². The van der Waals surface area contributed by atoms with Gasteiger partial charge in [0.15, 0.2) is 0 Å². The lowest BCUT2D eigenvalue weighted by molar-refractivity contribution is 0.0630. The second-order valence-corrected chi connectivity index (χ2v) is 5.84. The van der Waals surface area contributed by atoms with Crippen molar-refractivity contribution in [3.63, 3.8) is 0 Å². The maximum atomic E-state index is 12.1. The second-order valence-electron chi connectivity index (χ2n) is 5.84. The Morgan fingerprint density at radius 3 is 2.76 bits per heavy atom. The molecule has 4 aliphatic heterocycles. The lowest BCUT2D eigenvalue weighted by atomic mass is 9.84. The van der Waals surface area contributed by atoms with Gasteiger partial charge in [-0.1, -0.05) is 6.92 Å². The molecule has 4 bridgehead atoms. The quantitative estimate of drug-likeness (QED) is 0.732. The highest BCUT2D eigenvalue weighted by Crippen LogP contribution is 2.36. The van der Waals surface area contributed by atoms with E-state index in [0.717, 1.165) is 25.4 Å². The minimum absolute atomic E-state index is 0.0775. The molecule has 4 saturated heterocycles. The lowest BCUT2D eigenvalue weighted by Gasteiger charge is -2.41. The van der Waals surface area contributed by atoms with E-state index in [1.807, 2.05) is 11.8 Å². The van der Waals surface area contributed by atoms with Gasteiger partial charge >= 0.3 is 6.09 Å². The summed E-state index contributed by atoms with van der Waals surface area (Å²) in [5.74, 6) is 1.49. The molecule has 96 valence electrons. The largest absolute Gasteiger partial charge is 0.449 e. The summed E-state index contributed by atoms with van der Waals surface area (Å²) in [4.78, 5) is 16.6. The molecule has 0 aromatic rings. The van der Waals surface area contributed by atoms with Crippen molar-refractivity contribution in [3.05, 3.63) is 0 Å². The predicted octanol–water partition coefficient (Wildman–Crippen LogP) is 1.56. The average molecular weight is 238 g/mol. The summed E-state index contributed by atoms with van der Waals surface area (Å²) < 4.78 is 5.31. The zero-order valence-electron chi connectivity index (χ0n) is 10.6. The molecule has 0 radical (unpaired) electrons. The maximum Gasteiger partial charge on any atom is 0.410 e. The summed E-state index contributed by atoms with van der Waals surface area (Å²) in [5.41, 5.74) is 0. The van der Waals surface area contributed by atoms with E-state index in [-0.39, 0.29) is 6.09 Å². The fourth-order valence-corrected chi connectivity index (χ4v) is 3.78. The fourth-order valence-electron chi connectivity index (χ4n) is 3.78. The second kappa shape index (κ2) is 4.48. The first kappa shape index (κ1) is 11.3. The van der Waals surface area contributed by atoms with Gasteiger partial charge in [-0.25, -0.2) is 4.79 Å². The number of piperidine rings is 2. The predicted molar refractivity (Wildman–Crippen MR) is 64.8 cm³/mol. The van der Waals surface area contributed by atoms with Gasteiger partial charge in [-0.3, -0.25) is 0 Å². The van der Waals surface area contributed by atoms with Gasteiger partial charge in [-0.2, -0.15) is 0 Å². The molecule has 4 aliphatic rings. The number of ether oxygens (including phenoxy) is 1. The molecule has 4 atom stereocenters. The monoisotopic (exact) mass is 238 g/mol. The molecular weight excluding hydrogens is 216 g/mol. The topological polar surface area (TPSA) is 32.8 Å². The van der Waals surface area contributed by atoms with Gasteiger partial charge in [0.25, 0.3) is 0 Å². The van der Waals surface area contributed by atoms with Crippen molar-refractivity contribution < 1.29 is 9.53 Å². The highest BCUT2D eigenvalue weighted by Gasteiger charge is 2.43. The van der Waals surface area contributed by atoms with E-state index in [1.54, 1.807) is 0 Å². The molecule has 0 saturated carbocycles. The van der Waals surface area contributed by atoms with E-state index >= 15 is 0 Å². The van der Waals surface area contributed by atoms with Crippen molar-refractivity contribution in [1.82, 2.24) is 9.80 Å². The molecule has 0 aromatic carbocycles. The Balaban J connectivity index is 1.71. The number of carbonyl (C=O) groups is 1. The van der Waals surface area contributed by atoms with E-state index in [0.29, 0.717) is 18.6 Å². The number of hydrogen-bond acceptors (Lipinski definition) is 3. The Bertz CT molecular complexity index is 294. The first-order valence-electron chi connectivity index (χ1n) is 6.92. The van der Waals surface area contributed by atoms with E-state index in [4.69, 9.17) is 4.74 Å². The van der Waals surface area contributed by atoms with Crippen LogP contribution in [0.2, 0.25) is 0 Å². The van der Waals surface area contributed by atoms with Gasteiger partial charge in [0, 0.05) is 32.2 Å². The third-order valence-electron chi connectivity index (χ3n) is 4.33. The fraction of sp³-hybridized carbons (Fsp3) is 0.923. The van der Waals surface area contributed by atoms with Crippen LogP contribution in [0.1, 0.15) is 26.2 Å². The van der Waals surface area contributed by atoms with E-state index in [1.165, 1.54) is 25.9 Å². The van der Waals surface area contributed by atoms with Gasteiger partial charge in [0.1, 0.15) is 0 Å². The van der Waals surface area contributed by atoms with Gasteiger partial charge in [0.2, 0.25) is 0 Å². The smallest absolute Gasteiger partial charge is 0.410 e. The molecule has 4 rings (SSSR count). The average Bonchev–Trinajstić information content (AvgIpc) is 2.50. The molecule has 0 aliphatic carbocycles. The molecular formula is C13H22N2O2. The number of hydrogen-bond donors (Lipinski definition) is 0. The Morgan fingerprint density at radius 2 is 2.00 bits per heavy atom. The number of rotatable bonds is 2. The van der Waals surface area contributed by atoms with Crippen LogP contribution in [0.25, 0.3) is 0 Å². The standard InChI is InChI=1S/C13H22N2O2/c1-2-3-17-13(16)15-8-11-4-10-5-12(15)9-14(6-10)7-11/h10-12H,2-9H2,1H3. The highest BCUT2D eigenvalue weighted by molar-refractivity contribution is 5.68. The zero-order chi connectivity index (χ0) is 11.8. The van der Waals surface area contributed by atoms with Gasteiger partial charge < -0.3 is 14.5 Å². The van der Waals surface area contributed by atoms with Crippen LogP contribution in [0, 0.1) is 11.8 Å². The molecule has 1 amide bonds. The van der Waals surface area contributed by atoms with Crippen LogP contribution in [0.15, 0.2) is 0 Å². The lowest BCUT2D eigenvalue weighted by Crippen LogP contribution is -2.50. The van der Waals surface area contributed by atoms with Crippen LogP contribution in [0.4, 0.5) is 4.79 Å². The SMILES string of the molecule is CCCOC(=O)N1CC2CC3CC1CN(C3)C2. The molecule has 0 spiro atoms. The number of fused-ring (bicyclic) bond motifs is 1. The Labute approximate surface area is 103 Å². The first-order chi connectivity index (χ1) is 8.26. The molecule has 4 nitrogen and oxygen atoms in total. The summed E-state index contributed by atoms with van der Waals surface area (Å²) in [6, 6.07) is 0.408. The maximum absolute atomic E-state index is 12.1. The summed E-state index contributed by atoms with van der Waals surface area (Å²) in [5, 5.41) is 0. The van der Waals surface area contributed by atoms with Crippen molar-refractivity contribution in [2.75, 3.05) is 32.8 Å². The minimum atomic E-state index is -0.0775. The van der Waals surface area contributed by atoms with Crippen LogP contribution in [0.5, 0.6) is 0 Å². The van der Waals surface area contributed by atoms with Crippen LogP contribution in [-0.2, 0) is 4.74 Å². The Morgan fingerprint density at radius 1 is 1.18 bits per heavy atom. The summed E-state index contributed by atoms with van der Waals surface area (Å²) in [6.07, 6.45) is 3.33. The van der Waals surface area contributed by atoms with Crippen LogP contribution in [-0.4, -0.2) is 54.7 Å². The molecule has 0 aromatic heterocycles. The number of amides is 1. The van der Waals surface area contributed by atoms with Crippen molar-refractivity contribution in [2.24, 2.45) is 11.8 Å². The third kappa shape index (κ3) is 2.15. The molecule has 0 N–H and O–H groups in total. The summed E-state index contributed by atoms with van der Waals surface area (Å²) in [7, 11) is 0. The van der Waals surface area contributed by atoms with Crippen molar-refractivity contribution in [1.29, 1.82) is 0 Å². The van der Waals surface area contributed by atoms with Crippen LogP contribution in [0.3, 0.4) is 0 Å². The first-order valence-corrected chi connectivity index (χ1v) is 6.92.